The molecule has 0 N–H and O–H groups in total. The minimum absolute atomic E-state index is 0.623. The summed E-state index contributed by atoms with van der Waals surface area (Å²) in [5, 5.41) is 0. The van der Waals surface area contributed by atoms with Crippen LogP contribution in [0.2, 0.25) is 0 Å². The van der Waals surface area contributed by atoms with Crippen LogP contribution in [0, 0.1) is 5.92 Å². The highest BCUT2D eigenvalue weighted by Crippen LogP contribution is 2.10. The monoisotopic (exact) mass is 254 g/mol. The van der Waals surface area contributed by atoms with Crippen molar-refractivity contribution in [2.24, 2.45) is 5.92 Å². The summed E-state index contributed by atoms with van der Waals surface area (Å²) in [5.41, 5.74) is 0. The lowest BCUT2D eigenvalue weighted by atomic mass is 10.0. The fraction of sp³-hybridized carbons (Fsp3) is 0.667. The quantitative estimate of drug-likeness (QED) is 0.303. The zero-order valence-corrected chi connectivity index (χ0v) is 12.0. The molecule has 0 radical (unpaired) electrons. The highest BCUT2D eigenvalue weighted by molar-refractivity contribution is 7.99. The van der Waals surface area contributed by atoms with Crippen LogP contribution in [-0.4, -0.2) is 17.8 Å². The van der Waals surface area contributed by atoms with Crippen molar-refractivity contribution in [3.05, 3.63) is 24.3 Å². The van der Waals surface area contributed by atoms with Gasteiger partial charge in [0.1, 0.15) is 6.29 Å². The van der Waals surface area contributed by atoms with Gasteiger partial charge >= 0.3 is 0 Å². The number of rotatable bonds is 11. The molecule has 0 saturated heterocycles. The average molecular weight is 254 g/mol. The second kappa shape index (κ2) is 13.6. The molecule has 0 unspecified atom stereocenters. The fourth-order valence-electron chi connectivity index (χ4n) is 1.52. The van der Waals surface area contributed by atoms with Crippen molar-refractivity contribution in [3.63, 3.8) is 0 Å². The van der Waals surface area contributed by atoms with Crippen molar-refractivity contribution in [2.45, 2.75) is 46.0 Å². The zero-order chi connectivity index (χ0) is 12.8. The maximum atomic E-state index is 10.1. The molecular weight excluding hydrogens is 228 g/mol. The van der Waals surface area contributed by atoms with E-state index in [1.807, 2.05) is 0 Å². The smallest absolute Gasteiger partial charge is 0.129 e. The molecule has 0 heterocycles. The third-order valence-electron chi connectivity index (χ3n) is 2.56. The van der Waals surface area contributed by atoms with Gasteiger partial charge in [0, 0.05) is 5.75 Å². The Balaban J connectivity index is 3.43. The molecule has 1 nitrogen and oxygen atoms in total. The van der Waals surface area contributed by atoms with Crippen molar-refractivity contribution in [3.8, 4) is 0 Å². The molecule has 0 aliphatic heterocycles. The largest absolute Gasteiger partial charge is 0.302 e. The highest BCUT2D eigenvalue weighted by atomic mass is 32.2. The van der Waals surface area contributed by atoms with E-state index in [0.717, 1.165) is 18.5 Å². The maximum Gasteiger partial charge on any atom is 0.129 e. The number of thioether (sulfide) groups is 1. The minimum Gasteiger partial charge on any atom is -0.302 e. The lowest BCUT2D eigenvalue weighted by Gasteiger charge is -2.03. The molecule has 0 aromatic carbocycles. The predicted octanol–water partition coefficient (Wildman–Crippen LogP) is 4.64. The van der Waals surface area contributed by atoms with Crippen LogP contribution < -0.4 is 0 Å². The Morgan fingerprint density at radius 1 is 1.24 bits per heavy atom. The molecule has 0 rings (SSSR count). The molecule has 0 aliphatic rings. The van der Waals surface area contributed by atoms with Crippen LogP contribution in [0.15, 0.2) is 24.3 Å². The van der Waals surface area contributed by atoms with Crippen molar-refractivity contribution >= 4 is 18.0 Å². The standard InChI is InChI=1S/C15H26OS/c1-3-4-7-10-15(2)11-8-5-6-9-13-17-14-12-16/h5-6,8,11-12,15H,3-4,7,9-10,13-14H2,1-2H3/b6-5-,11-8+/t15-/m0/s1. The Morgan fingerprint density at radius 3 is 2.76 bits per heavy atom. The van der Waals surface area contributed by atoms with E-state index >= 15 is 0 Å². The van der Waals surface area contributed by atoms with Crippen molar-refractivity contribution in [2.75, 3.05) is 11.5 Å². The van der Waals surface area contributed by atoms with Gasteiger partial charge in [0.05, 0.1) is 0 Å². The Morgan fingerprint density at radius 2 is 2.06 bits per heavy atom. The Kier molecular flexibility index (Phi) is 13.2. The first kappa shape index (κ1) is 16.5. The van der Waals surface area contributed by atoms with Crippen molar-refractivity contribution < 1.29 is 4.79 Å². The van der Waals surface area contributed by atoms with E-state index in [-0.39, 0.29) is 0 Å². The number of unbranched alkanes of at least 4 members (excludes halogenated alkanes) is 2. The molecule has 0 bridgehead atoms. The molecule has 0 aliphatic carbocycles. The molecule has 0 aromatic heterocycles. The van der Waals surface area contributed by atoms with E-state index in [9.17, 15) is 4.79 Å². The summed E-state index contributed by atoms with van der Waals surface area (Å²) in [7, 11) is 0. The predicted molar refractivity (Wildman–Crippen MR) is 79.6 cm³/mol. The van der Waals surface area contributed by atoms with Crippen LogP contribution in [0.3, 0.4) is 0 Å². The third-order valence-corrected chi connectivity index (χ3v) is 3.46. The van der Waals surface area contributed by atoms with Crippen LogP contribution in [0.1, 0.15) is 46.0 Å². The van der Waals surface area contributed by atoms with Crippen molar-refractivity contribution in [1.29, 1.82) is 0 Å². The van der Waals surface area contributed by atoms with Crippen LogP contribution in [0.4, 0.5) is 0 Å². The summed E-state index contributed by atoms with van der Waals surface area (Å²) < 4.78 is 0. The van der Waals surface area contributed by atoms with Crippen LogP contribution in [0.5, 0.6) is 0 Å². The number of hydrogen-bond acceptors (Lipinski definition) is 2. The lowest BCUT2D eigenvalue weighted by molar-refractivity contribution is -0.105. The molecule has 0 amide bonds. The maximum absolute atomic E-state index is 10.1. The average Bonchev–Trinajstić information content (AvgIpc) is 2.33. The van der Waals surface area contributed by atoms with E-state index in [1.54, 1.807) is 11.8 Å². The van der Waals surface area contributed by atoms with Gasteiger partial charge < -0.3 is 4.79 Å². The van der Waals surface area contributed by atoms with Gasteiger partial charge in [0.25, 0.3) is 0 Å². The normalized spacial score (nSPS) is 13.5. The Bertz CT molecular complexity index is 221. The summed E-state index contributed by atoms with van der Waals surface area (Å²) in [6.07, 6.45) is 16.0. The number of aldehydes is 1. The topological polar surface area (TPSA) is 17.1 Å². The molecule has 2 heteroatoms. The van der Waals surface area contributed by atoms with Gasteiger partial charge in [-0.25, -0.2) is 0 Å². The summed E-state index contributed by atoms with van der Waals surface area (Å²) >= 11 is 1.69. The number of hydrogen-bond donors (Lipinski definition) is 0. The molecule has 98 valence electrons. The Labute approximate surface area is 111 Å². The first-order chi connectivity index (χ1) is 8.31. The number of carbonyl (C=O) groups is 1. The molecule has 17 heavy (non-hydrogen) atoms. The molecule has 0 saturated carbocycles. The van der Waals surface area contributed by atoms with Crippen LogP contribution >= 0.6 is 11.8 Å². The highest BCUT2D eigenvalue weighted by Gasteiger charge is 1.94. The van der Waals surface area contributed by atoms with E-state index in [2.05, 4.69) is 38.2 Å². The van der Waals surface area contributed by atoms with Crippen LogP contribution in [-0.2, 0) is 4.79 Å². The first-order valence-electron chi connectivity index (χ1n) is 6.66. The second-order valence-electron chi connectivity index (χ2n) is 4.32. The van der Waals surface area contributed by atoms with E-state index in [1.165, 1.54) is 25.7 Å². The SMILES string of the molecule is CCCCC[C@H](C)/C=C/C=C\CCSCC=O. The number of allylic oxidation sites excluding steroid dienone is 4. The van der Waals surface area contributed by atoms with Gasteiger partial charge in [-0.2, -0.15) is 11.8 Å². The van der Waals surface area contributed by atoms with E-state index in [0.29, 0.717) is 11.7 Å². The van der Waals surface area contributed by atoms with Gasteiger partial charge in [0.15, 0.2) is 0 Å². The van der Waals surface area contributed by atoms with E-state index < -0.39 is 0 Å². The summed E-state index contributed by atoms with van der Waals surface area (Å²) in [4.78, 5) is 10.1. The second-order valence-corrected chi connectivity index (χ2v) is 5.47. The molecule has 0 fully saturated rings. The molecule has 0 aromatic rings. The Hall–Kier alpha value is -0.500. The van der Waals surface area contributed by atoms with E-state index in [4.69, 9.17) is 0 Å². The van der Waals surface area contributed by atoms with Gasteiger partial charge in [-0.15, -0.1) is 0 Å². The summed E-state index contributed by atoms with van der Waals surface area (Å²) in [6, 6.07) is 0. The fourth-order valence-corrected chi connectivity index (χ4v) is 2.09. The first-order valence-corrected chi connectivity index (χ1v) is 7.81. The minimum atomic E-state index is 0.623. The summed E-state index contributed by atoms with van der Waals surface area (Å²) in [5.74, 6) is 2.35. The van der Waals surface area contributed by atoms with Crippen LogP contribution in [0.25, 0.3) is 0 Å². The summed E-state index contributed by atoms with van der Waals surface area (Å²) in [6.45, 7) is 4.52. The molecular formula is C15H26OS. The van der Waals surface area contributed by atoms with Gasteiger partial charge in [-0.05, 0) is 24.5 Å². The van der Waals surface area contributed by atoms with Crippen molar-refractivity contribution in [1.82, 2.24) is 0 Å². The van der Waals surface area contributed by atoms with Gasteiger partial charge in [-0.1, -0.05) is 57.4 Å². The molecule has 1 atom stereocenters. The lowest BCUT2D eigenvalue weighted by Crippen LogP contribution is -1.88. The van der Waals surface area contributed by atoms with Gasteiger partial charge in [-0.3, -0.25) is 0 Å². The zero-order valence-electron chi connectivity index (χ0n) is 11.2. The van der Waals surface area contributed by atoms with Gasteiger partial charge in [0.2, 0.25) is 0 Å². The number of carbonyl (C=O) groups excluding carboxylic acids is 1. The third kappa shape index (κ3) is 13.4. The molecule has 0 spiro atoms.